The van der Waals surface area contributed by atoms with Gasteiger partial charge >= 0.3 is 0 Å². The molecule has 30 heavy (non-hydrogen) atoms. The molecule has 0 amide bonds. The van der Waals surface area contributed by atoms with E-state index in [1.54, 1.807) is 19.1 Å². The second-order valence-electron chi connectivity index (χ2n) is 7.56. The first-order valence-corrected chi connectivity index (χ1v) is 9.90. The van der Waals surface area contributed by atoms with Crippen molar-refractivity contribution in [2.45, 2.75) is 32.8 Å². The maximum absolute atomic E-state index is 13.0. The van der Waals surface area contributed by atoms with E-state index in [-0.39, 0.29) is 17.7 Å². The number of ketones is 1. The van der Waals surface area contributed by atoms with Crippen LogP contribution >= 0.6 is 0 Å². The highest BCUT2D eigenvalue weighted by Crippen LogP contribution is 2.22. The second-order valence-corrected chi connectivity index (χ2v) is 7.56. The molecular weight excluding hydrogens is 383 g/mol. The van der Waals surface area contributed by atoms with Crippen LogP contribution in [0.1, 0.15) is 29.4 Å². The maximum atomic E-state index is 13.0. The third-order valence-electron chi connectivity index (χ3n) is 5.20. The molecule has 154 valence electrons. The van der Waals surface area contributed by atoms with Gasteiger partial charge in [0.2, 0.25) is 5.95 Å². The summed E-state index contributed by atoms with van der Waals surface area (Å²) >= 11 is 0. The van der Waals surface area contributed by atoms with E-state index in [9.17, 15) is 9.18 Å². The van der Waals surface area contributed by atoms with Crippen molar-refractivity contribution in [3.05, 3.63) is 77.1 Å². The molecule has 0 aliphatic carbocycles. The number of ether oxygens (including phenoxy) is 1. The zero-order valence-electron chi connectivity index (χ0n) is 17.0. The zero-order chi connectivity index (χ0) is 21.1. The minimum atomic E-state index is -0.280. The smallest absolute Gasteiger partial charge is 0.228 e. The van der Waals surface area contributed by atoms with Gasteiger partial charge in [0.1, 0.15) is 35.6 Å². The molecule has 6 nitrogen and oxygen atoms in total. The third kappa shape index (κ3) is 4.62. The number of halogens is 1. The molecule has 1 saturated heterocycles. The van der Waals surface area contributed by atoms with Crippen molar-refractivity contribution < 1.29 is 13.9 Å². The largest absolute Gasteiger partial charge is 0.487 e. The van der Waals surface area contributed by atoms with Gasteiger partial charge in [0.15, 0.2) is 0 Å². The summed E-state index contributed by atoms with van der Waals surface area (Å²) in [4.78, 5) is 26.7. The molecule has 0 atom stereocenters. The normalized spacial score (nSPS) is 13.8. The number of hydrogen-bond donors (Lipinski definition) is 0. The molecule has 2 heterocycles. The van der Waals surface area contributed by atoms with Crippen molar-refractivity contribution in [2.24, 2.45) is 0 Å². The van der Waals surface area contributed by atoms with Crippen LogP contribution in [0, 0.1) is 12.7 Å². The standard InChI is InChI=1S/C23H23FN4O2/c1-15(29)10-17-4-3-5-18(16(17)2)11-22-25-14-26-23(27-22)28-12-21(13-28)30-20-8-6-19(24)7-9-20/h3-9,14,21H,10-13H2,1-2H3. The Kier molecular flexibility index (Phi) is 5.70. The molecule has 0 radical (unpaired) electrons. The Bertz CT molecular complexity index is 1050. The molecule has 0 saturated carbocycles. The van der Waals surface area contributed by atoms with Crippen molar-refractivity contribution in [2.75, 3.05) is 18.0 Å². The van der Waals surface area contributed by atoms with Crippen molar-refractivity contribution in [3.8, 4) is 5.75 Å². The fraction of sp³-hybridized carbons (Fsp3) is 0.304. The lowest BCUT2D eigenvalue weighted by molar-refractivity contribution is -0.116. The zero-order valence-corrected chi connectivity index (χ0v) is 17.0. The highest BCUT2D eigenvalue weighted by Gasteiger charge is 2.30. The van der Waals surface area contributed by atoms with Gasteiger partial charge in [-0.05, 0) is 54.8 Å². The van der Waals surface area contributed by atoms with Gasteiger partial charge in [-0.15, -0.1) is 0 Å². The molecule has 2 aromatic carbocycles. The van der Waals surface area contributed by atoms with Crippen molar-refractivity contribution in [1.29, 1.82) is 0 Å². The molecular formula is C23H23FN4O2. The number of hydrogen-bond acceptors (Lipinski definition) is 6. The van der Waals surface area contributed by atoms with E-state index in [4.69, 9.17) is 4.74 Å². The molecule has 1 fully saturated rings. The van der Waals surface area contributed by atoms with Crippen molar-refractivity contribution in [3.63, 3.8) is 0 Å². The summed E-state index contributed by atoms with van der Waals surface area (Å²) in [5, 5.41) is 0. The summed E-state index contributed by atoms with van der Waals surface area (Å²) in [6, 6.07) is 12.0. The molecule has 0 unspecified atom stereocenters. The SMILES string of the molecule is CC(=O)Cc1cccc(Cc2ncnc(N3CC(Oc4ccc(F)cc4)C3)n2)c1C. The summed E-state index contributed by atoms with van der Waals surface area (Å²) in [5.74, 6) is 1.83. The Labute approximate surface area is 174 Å². The average Bonchev–Trinajstić information content (AvgIpc) is 2.69. The topological polar surface area (TPSA) is 68.2 Å². The van der Waals surface area contributed by atoms with Crippen LogP contribution in [-0.4, -0.2) is 39.9 Å². The van der Waals surface area contributed by atoms with Crippen LogP contribution in [0.15, 0.2) is 48.8 Å². The number of rotatable bonds is 7. The van der Waals surface area contributed by atoms with Crippen molar-refractivity contribution >= 4 is 11.7 Å². The van der Waals surface area contributed by atoms with Crippen LogP contribution in [0.4, 0.5) is 10.3 Å². The first kappa shape index (κ1) is 19.9. The summed E-state index contributed by atoms with van der Waals surface area (Å²) in [6.45, 7) is 4.95. The molecule has 0 N–H and O–H groups in total. The van der Waals surface area contributed by atoms with Crippen LogP contribution in [0.2, 0.25) is 0 Å². The number of nitrogens with zero attached hydrogens (tertiary/aromatic N) is 4. The summed E-state index contributed by atoms with van der Waals surface area (Å²) < 4.78 is 18.8. The Morgan fingerprint density at radius 2 is 1.87 bits per heavy atom. The van der Waals surface area contributed by atoms with Gasteiger partial charge < -0.3 is 9.64 Å². The first-order valence-electron chi connectivity index (χ1n) is 9.90. The minimum Gasteiger partial charge on any atom is -0.487 e. The van der Waals surface area contributed by atoms with E-state index in [2.05, 4.69) is 15.0 Å². The van der Waals surface area contributed by atoms with Gasteiger partial charge in [-0.3, -0.25) is 4.79 Å². The van der Waals surface area contributed by atoms with Crippen LogP contribution in [-0.2, 0) is 17.6 Å². The summed E-state index contributed by atoms with van der Waals surface area (Å²) in [6.07, 6.45) is 2.56. The predicted octanol–water partition coefficient (Wildman–Crippen LogP) is 3.31. The highest BCUT2D eigenvalue weighted by atomic mass is 19.1. The number of aromatic nitrogens is 3. The lowest BCUT2D eigenvalue weighted by Crippen LogP contribution is -2.54. The molecule has 1 aromatic heterocycles. The van der Waals surface area contributed by atoms with E-state index < -0.39 is 0 Å². The number of anilines is 1. The van der Waals surface area contributed by atoms with Gasteiger partial charge in [-0.25, -0.2) is 14.4 Å². The fourth-order valence-corrected chi connectivity index (χ4v) is 3.50. The molecule has 1 aliphatic heterocycles. The fourth-order valence-electron chi connectivity index (χ4n) is 3.50. The van der Waals surface area contributed by atoms with Crippen LogP contribution in [0.25, 0.3) is 0 Å². The van der Waals surface area contributed by atoms with Gasteiger partial charge in [0, 0.05) is 12.8 Å². The van der Waals surface area contributed by atoms with E-state index >= 15 is 0 Å². The Morgan fingerprint density at radius 1 is 1.13 bits per heavy atom. The molecule has 4 rings (SSSR count). The Morgan fingerprint density at radius 3 is 2.60 bits per heavy atom. The molecule has 0 bridgehead atoms. The van der Waals surface area contributed by atoms with Gasteiger partial charge in [-0.1, -0.05) is 18.2 Å². The van der Waals surface area contributed by atoms with E-state index in [0.717, 1.165) is 16.7 Å². The molecule has 1 aliphatic rings. The molecule has 7 heteroatoms. The third-order valence-corrected chi connectivity index (χ3v) is 5.20. The lowest BCUT2D eigenvalue weighted by Gasteiger charge is -2.38. The van der Waals surface area contributed by atoms with Crippen LogP contribution < -0.4 is 9.64 Å². The first-order chi connectivity index (χ1) is 14.5. The van der Waals surface area contributed by atoms with Crippen LogP contribution in [0.3, 0.4) is 0 Å². The average molecular weight is 406 g/mol. The number of benzene rings is 2. The number of carbonyl (C=O) groups excluding carboxylic acids is 1. The number of carbonyl (C=O) groups is 1. The van der Waals surface area contributed by atoms with Crippen LogP contribution in [0.5, 0.6) is 5.75 Å². The highest BCUT2D eigenvalue weighted by molar-refractivity contribution is 5.78. The number of Topliss-reactive ketones (excluding diaryl/α,β-unsaturated/α-hetero) is 1. The summed E-state index contributed by atoms with van der Waals surface area (Å²) in [7, 11) is 0. The van der Waals surface area contributed by atoms with Gasteiger partial charge in [0.05, 0.1) is 13.1 Å². The summed E-state index contributed by atoms with van der Waals surface area (Å²) in [5.41, 5.74) is 3.25. The minimum absolute atomic E-state index is 0.0150. The Balaban J connectivity index is 1.39. The van der Waals surface area contributed by atoms with E-state index in [1.807, 2.05) is 30.0 Å². The predicted molar refractivity (Wildman–Crippen MR) is 111 cm³/mol. The van der Waals surface area contributed by atoms with E-state index in [1.165, 1.54) is 18.5 Å². The Hall–Kier alpha value is -3.35. The lowest BCUT2D eigenvalue weighted by atomic mass is 9.97. The second kappa shape index (κ2) is 8.57. The quantitative estimate of drug-likeness (QED) is 0.600. The van der Waals surface area contributed by atoms with Gasteiger partial charge in [-0.2, -0.15) is 4.98 Å². The van der Waals surface area contributed by atoms with Gasteiger partial charge in [0.25, 0.3) is 0 Å². The molecule has 0 spiro atoms. The monoisotopic (exact) mass is 406 g/mol. The van der Waals surface area contributed by atoms with Crippen molar-refractivity contribution in [1.82, 2.24) is 15.0 Å². The maximum Gasteiger partial charge on any atom is 0.228 e. The van der Waals surface area contributed by atoms with E-state index in [0.29, 0.717) is 43.5 Å². The molecule has 3 aromatic rings.